The topological polar surface area (TPSA) is 72.8 Å². The Balaban J connectivity index is 4.94. The predicted octanol–water partition coefficient (Wildman–Crippen LogP) is 2.32. The van der Waals surface area contributed by atoms with Crippen molar-refractivity contribution in [1.29, 1.82) is 0 Å². The lowest BCUT2D eigenvalue weighted by Crippen LogP contribution is -2.60. The molecule has 0 amide bonds. The van der Waals surface area contributed by atoms with Crippen molar-refractivity contribution in [2.75, 3.05) is 6.61 Å². The zero-order chi connectivity index (χ0) is 18.0. The molecule has 0 saturated heterocycles. The molecular formula is C11H14F6O5. The second-order valence-corrected chi connectivity index (χ2v) is 4.93. The van der Waals surface area contributed by atoms with E-state index in [1.807, 2.05) is 0 Å². The second-order valence-electron chi connectivity index (χ2n) is 4.93. The van der Waals surface area contributed by atoms with Crippen LogP contribution in [0.4, 0.5) is 26.3 Å². The van der Waals surface area contributed by atoms with Crippen LogP contribution < -0.4 is 0 Å². The van der Waals surface area contributed by atoms with Gasteiger partial charge in [0, 0.05) is 0 Å². The fraction of sp³-hybridized carbons (Fsp3) is 0.818. The Morgan fingerprint density at radius 1 is 1.00 bits per heavy atom. The molecule has 0 aromatic rings. The van der Waals surface area contributed by atoms with Gasteiger partial charge in [-0.25, -0.2) is 4.79 Å². The van der Waals surface area contributed by atoms with Crippen molar-refractivity contribution in [1.82, 2.24) is 0 Å². The zero-order valence-electron chi connectivity index (χ0n) is 11.8. The van der Waals surface area contributed by atoms with Gasteiger partial charge in [-0.15, -0.1) is 0 Å². The summed E-state index contributed by atoms with van der Waals surface area (Å²) in [6, 6.07) is 0. The van der Waals surface area contributed by atoms with Crippen molar-refractivity contribution in [3.8, 4) is 0 Å². The number of carbonyl (C=O) groups excluding carboxylic acids is 2. The molecule has 0 spiro atoms. The van der Waals surface area contributed by atoms with Crippen LogP contribution in [0.2, 0.25) is 0 Å². The highest BCUT2D eigenvalue weighted by Crippen LogP contribution is 2.43. The van der Waals surface area contributed by atoms with E-state index >= 15 is 0 Å². The van der Waals surface area contributed by atoms with E-state index in [0.717, 1.165) is 0 Å². The summed E-state index contributed by atoms with van der Waals surface area (Å²) in [5.74, 6) is -8.89. The van der Waals surface area contributed by atoms with Crippen LogP contribution in [-0.2, 0) is 19.1 Å². The number of esters is 2. The first-order valence-corrected chi connectivity index (χ1v) is 5.83. The van der Waals surface area contributed by atoms with Crippen molar-refractivity contribution in [3.63, 3.8) is 0 Å². The Kier molecular flexibility index (Phi) is 5.87. The first-order valence-electron chi connectivity index (χ1n) is 5.83. The highest BCUT2D eigenvalue weighted by Gasteiger charge is 2.74. The van der Waals surface area contributed by atoms with Crippen molar-refractivity contribution < 1.29 is 50.5 Å². The number of hydrogen-bond acceptors (Lipinski definition) is 5. The zero-order valence-corrected chi connectivity index (χ0v) is 11.8. The molecule has 0 aliphatic carbocycles. The average molecular weight is 340 g/mol. The van der Waals surface area contributed by atoms with E-state index in [4.69, 9.17) is 5.11 Å². The molecule has 1 N–H and O–H groups in total. The summed E-state index contributed by atoms with van der Waals surface area (Å²) in [6.07, 6.45) is -12.4. The maximum atomic E-state index is 12.2. The lowest BCUT2D eigenvalue weighted by Gasteiger charge is -2.31. The molecule has 0 heterocycles. The molecule has 0 unspecified atom stereocenters. The first kappa shape index (κ1) is 20.5. The van der Waals surface area contributed by atoms with Gasteiger partial charge < -0.3 is 14.6 Å². The minimum absolute atomic E-state index is 0.246. The molecule has 0 saturated carbocycles. The molecule has 0 aliphatic rings. The van der Waals surface area contributed by atoms with Crippen LogP contribution in [-0.4, -0.2) is 41.8 Å². The average Bonchev–Trinajstić information content (AvgIpc) is 2.32. The molecule has 0 aromatic carbocycles. The number of alkyl halides is 6. The number of hydrogen-bond donors (Lipinski definition) is 1. The van der Waals surface area contributed by atoms with Gasteiger partial charge in [0.05, 0.1) is 5.41 Å². The van der Waals surface area contributed by atoms with E-state index in [-0.39, 0.29) is 6.42 Å². The molecule has 0 fully saturated rings. The van der Waals surface area contributed by atoms with Crippen LogP contribution in [0.3, 0.4) is 0 Å². The molecule has 0 radical (unpaired) electrons. The van der Waals surface area contributed by atoms with E-state index in [9.17, 15) is 35.9 Å². The fourth-order valence-electron chi connectivity index (χ4n) is 0.935. The maximum absolute atomic E-state index is 12.2. The van der Waals surface area contributed by atoms with E-state index < -0.39 is 42.1 Å². The van der Waals surface area contributed by atoms with Crippen LogP contribution in [0.25, 0.3) is 0 Å². The summed E-state index contributed by atoms with van der Waals surface area (Å²) in [4.78, 5) is 22.4. The Labute approximate surface area is 121 Å². The molecule has 130 valence electrons. The highest BCUT2D eigenvalue weighted by molar-refractivity contribution is 5.79. The number of ether oxygens (including phenoxy) is 2. The van der Waals surface area contributed by atoms with Gasteiger partial charge in [0.25, 0.3) is 0 Å². The van der Waals surface area contributed by atoms with Crippen molar-refractivity contribution >= 4 is 11.9 Å². The lowest BCUT2D eigenvalue weighted by molar-refractivity contribution is -0.444. The highest BCUT2D eigenvalue weighted by atomic mass is 19.4. The molecular weight excluding hydrogens is 326 g/mol. The minimum Gasteiger partial charge on any atom is -0.453 e. The van der Waals surface area contributed by atoms with E-state index in [1.54, 1.807) is 6.92 Å². The Bertz CT molecular complexity index is 412. The number of halogens is 6. The second kappa shape index (κ2) is 6.31. The summed E-state index contributed by atoms with van der Waals surface area (Å²) in [7, 11) is 0. The van der Waals surface area contributed by atoms with Crippen molar-refractivity contribution in [2.45, 2.75) is 45.3 Å². The van der Waals surface area contributed by atoms with Gasteiger partial charge >= 0.3 is 30.1 Å². The Hall–Kier alpha value is -1.52. The van der Waals surface area contributed by atoms with Gasteiger partial charge in [-0.3, -0.25) is 4.79 Å². The molecule has 0 aliphatic heterocycles. The normalized spacial score (nSPS) is 13.7. The predicted molar refractivity (Wildman–Crippen MR) is 58.2 cm³/mol. The van der Waals surface area contributed by atoms with Gasteiger partial charge in [-0.05, 0) is 20.3 Å². The van der Waals surface area contributed by atoms with Crippen LogP contribution in [0.15, 0.2) is 0 Å². The lowest BCUT2D eigenvalue weighted by atomic mass is 9.91. The molecule has 0 rings (SSSR count). The standard InChI is InChI=1S/C11H14F6O5/c1-4-8(2,3)7(19)21-5-6(18)22-9(20,10(12,13)14)11(15,16)17/h20H,4-5H2,1-3H3. The molecule has 22 heavy (non-hydrogen) atoms. The first-order chi connectivity index (χ1) is 9.58. The number of carbonyl (C=O) groups is 2. The van der Waals surface area contributed by atoms with Crippen molar-refractivity contribution in [3.05, 3.63) is 0 Å². The monoisotopic (exact) mass is 340 g/mol. The summed E-state index contributed by atoms with van der Waals surface area (Å²) in [5, 5.41) is 8.59. The number of aliphatic hydroxyl groups is 1. The third kappa shape index (κ3) is 4.49. The number of rotatable bonds is 5. The molecule has 0 bridgehead atoms. The maximum Gasteiger partial charge on any atom is 0.465 e. The largest absolute Gasteiger partial charge is 0.465 e. The van der Waals surface area contributed by atoms with Crippen LogP contribution in [0.1, 0.15) is 27.2 Å². The van der Waals surface area contributed by atoms with Crippen molar-refractivity contribution in [2.24, 2.45) is 5.41 Å². The third-order valence-electron chi connectivity index (χ3n) is 2.79. The molecule has 11 heteroatoms. The van der Waals surface area contributed by atoms with E-state index in [1.165, 1.54) is 13.8 Å². The minimum atomic E-state index is -6.31. The van der Waals surface area contributed by atoms with Gasteiger partial charge in [-0.2, -0.15) is 26.3 Å². The van der Waals surface area contributed by atoms with Gasteiger partial charge in [-0.1, -0.05) is 6.92 Å². The third-order valence-corrected chi connectivity index (χ3v) is 2.79. The van der Waals surface area contributed by atoms with Gasteiger partial charge in [0.1, 0.15) is 0 Å². The molecule has 5 nitrogen and oxygen atoms in total. The Morgan fingerprint density at radius 2 is 1.41 bits per heavy atom. The van der Waals surface area contributed by atoms with E-state index in [0.29, 0.717) is 0 Å². The summed E-state index contributed by atoms with van der Waals surface area (Å²) >= 11 is 0. The fourth-order valence-corrected chi connectivity index (χ4v) is 0.935. The van der Waals surface area contributed by atoms with Crippen LogP contribution in [0.5, 0.6) is 0 Å². The smallest absolute Gasteiger partial charge is 0.453 e. The van der Waals surface area contributed by atoms with Gasteiger partial charge in [0.2, 0.25) is 0 Å². The van der Waals surface area contributed by atoms with Gasteiger partial charge in [0.15, 0.2) is 6.61 Å². The quantitative estimate of drug-likeness (QED) is 0.472. The summed E-state index contributed by atoms with van der Waals surface area (Å²) < 4.78 is 80.8. The molecule has 0 aromatic heterocycles. The Morgan fingerprint density at radius 3 is 1.73 bits per heavy atom. The van der Waals surface area contributed by atoms with Crippen LogP contribution in [0, 0.1) is 5.41 Å². The van der Waals surface area contributed by atoms with E-state index in [2.05, 4.69) is 9.47 Å². The summed E-state index contributed by atoms with van der Waals surface area (Å²) in [6.45, 7) is 2.85. The molecule has 0 atom stereocenters. The van der Waals surface area contributed by atoms with Crippen LogP contribution >= 0.6 is 0 Å². The SMILES string of the molecule is CCC(C)(C)C(=O)OCC(=O)OC(O)(C(F)(F)F)C(F)(F)F. The summed E-state index contributed by atoms with van der Waals surface area (Å²) in [5.41, 5.74) is -1.09.